The summed E-state index contributed by atoms with van der Waals surface area (Å²) in [5.74, 6) is 1.44. The maximum Gasteiger partial charge on any atom is 0.231 e. The Morgan fingerprint density at radius 3 is 2.52 bits per heavy atom. The fraction of sp³-hybridized carbons (Fsp3) is 0.360. The Morgan fingerprint density at radius 2 is 1.88 bits per heavy atom. The molecule has 1 fully saturated rings. The Bertz CT molecular complexity index is 1120. The molecule has 7 nitrogen and oxygen atoms in total. The van der Waals surface area contributed by atoms with Crippen LogP contribution in [0.2, 0.25) is 0 Å². The minimum Gasteiger partial charge on any atom is -0.494 e. The first kappa shape index (κ1) is 23.0. The normalized spacial score (nSPS) is 22.1. The van der Waals surface area contributed by atoms with Crippen molar-refractivity contribution < 1.29 is 24.1 Å². The molecule has 1 amide bonds. The van der Waals surface area contributed by atoms with Gasteiger partial charge in [-0.05, 0) is 43.7 Å². The van der Waals surface area contributed by atoms with E-state index in [0.29, 0.717) is 46.6 Å². The summed E-state index contributed by atoms with van der Waals surface area (Å²) in [5, 5.41) is 22.1. The minimum atomic E-state index is -1.52. The number of rotatable bonds is 7. The number of nitriles is 1. The molecule has 1 saturated heterocycles. The summed E-state index contributed by atoms with van der Waals surface area (Å²) in [6.45, 7) is 4.79. The molecule has 2 unspecified atom stereocenters. The lowest BCUT2D eigenvalue weighted by Crippen LogP contribution is -2.48. The highest BCUT2D eigenvalue weighted by atomic mass is 32.2. The average molecular weight is 467 g/mol. The average Bonchev–Trinajstić information content (AvgIpc) is 3.19. The second-order valence-electron chi connectivity index (χ2n) is 7.72. The molecule has 1 N–H and O–H groups in total. The van der Waals surface area contributed by atoms with E-state index in [2.05, 4.69) is 6.07 Å². The van der Waals surface area contributed by atoms with E-state index in [9.17, 15) is 15.2 Å². The predicted octanol–water partition coefficient (Wildman–Crippen LogP) is 4.14. The van der Waals surface area contributed by atoms with Gasteiger partial charge in [0.15, 0.2) is 17.2 Å². The number of amides is 1. The van der Waals surface area contributed by atoms with Crippen LogP contribution in [0, 0.1) is 11.3 Å². The Kier molecular flexibility index (Phi) is 6.54. The van der Waals surface area contributed by atoms with Gasteiger partial charge in [-0.25, -0.2) is 0 Å². The topological polar surface area (TPSA) is 92.0 Å². The van der Waals surface area contributed by atoms with Crippen molar-refractivity contribution in [1.29, 1.82) is 5.26 Å². The first-order valence-corrected chi connectivity index (χ1v) is 11.8. The van der Waals surface area contributed by atoms with Crippen LogP contribution in [0.15, 0.2) is 53.1 Å². The Morgan fingerprint density at radius 1 is 1.15 bits per heavy atom. The summed E-state index contributed by atoms with van der Waals surface area (Å²) >= 11 is 1.32. The zero-order valence-electron chi connectivity index (χ0n) is 18.8. The fourth-order valence-corrected chi connectivity index (χ4v) is 5.65. The van der Waals surface area contributed by atoms with Crippen molar-refractivity contribution >= 4 is 17.7 Å². The Hall–Kier alpha value is -3.15. The number of methoxy groups -OCH3 is 1. The molecule has 0 saturated carbocycles. The quantitative estimate of drug-likeness (QED) is 0.656. The molecule has 0 aromatic heterocycles. The molecule has 2 aromatic rings. The highest BCUT2D eigenvalue weighted by Gasteiger charge is 2.51. The second kappa shape index (κ2) is 9.38. The van der Waals surface area contributed by atoms with Crippen molar-refractivity contribution in [3.63, 3.8) is 0 Å². The van der Waals surface area contributed by atoms with E-state index in [-0.39, 0.29) is 18.1 Å². The van der Waals surface area contributed by atoms with Gasteiger partial charge in [0, 0.05) is 17.9 Å². The van der Waals surface area contributed by atoms with Gasteiger partial charge in [0.2, 0.25) is 5.91 Å². The van der Waals surface area contributed by atoms with Crippen LogP contribution in [0.3, 0.4) is 0 Å². The van der Waals surface area contributed by atoms with Crippen LogP contribution in [0.5, 0.6) is 17.2 Å². The van der Waals surface area contributed by atoms with Gasteiger partial charge in [-0.3, -0.25) is 9.69 Å². The lowest BCUT2D eigenvalue weighted by atomic mass is 9.85. The van der Waals surface area contributed by atoms with Crippen molar-refractivity contribution in [2.75, 3.05) is 26.1 Å². The van der Waals surface area contributed by atoms with Gasteiger partial charge in [0.25, 0.3) is 0 Å². The van der Waals surface area contributed by atoms with Gasteiger partial charge in [-0.1, -0.05) is 18.2 Å². The fourth-order valence-electron chi connectivity index (χ4n) is 4.29. The Balaban J connectivity index is 1.73. The number of hydrogen-bond donors (Lipinski definition) is 1. The van der Waals surface area contributed by atoms with Crippen LogP contribution >= 0.6 is 11.8 Å². The number of ether oxygens (including phenoxy) is 3. The highest BCUT2D eigenvalue weighted by molar-refractivity contribution is 8.03. The van der Waals surface area contributed by atoms with Gasteiger partial charge in [-0.15, -0.1) is 11.8 Å². The maximum atomic E-state index is 13.3. The summed E-state index contributed by atoms with van der Waals surface area (Å²) in [6, 6.07) is 14.8. The zero-order chi connectivity index (χ0) is 23.6. The summed E-state index contributed by atoms with van der Waals surface area (Å²) in [6.07, 6.45) is 0.0736. The zero-order valence-corrected chi connectivity index (χ0v) is 19.6. The standard InChI is InChI=1S/C25H26N2O5S/c1-4-31-18-9-7-17(8-10-18)25(29)15-33-24-20(14-26)19(13-23(28)27(24)25)16-6-11-21(30-3)22(12-16)32-5-2/h6-12,19,29H,4-5,13,15H2,1-3H3. The lowest BCUT2D eigenvalue weighted by molar-refractivity contribution is -0.149. The van der Waals surface area contributed by atoms with Crippen LogP contribution < -0.4 is 14.2 Å². The largest absolute Gasteiger partial charge is 0.494 e. The van der Waals surface area contributed by atoms with Crippen molar-refractivity contribution in [3.8, 4) is 23.3 Å². The number of benzene rings is 2. The van der Waals surface area contributed by atoms with E-state index in [4.69, 9.17) is 14.2 Å². The molecule has 0 aliphatic carbocycles. The van der Waals surface area contributed by atoms with E-state index >= 15 is 0 Å². The van der Waals surface area contributed by atoms with Crippen molar-refractivity contribution in [2.24, 2.45) is 0 Å². The van der Waals surface area contributed by atoms with E-state index in [1.165, 1.54) is 16.7 Å². The summed E-state index contributed by atoms with van der Waals surface area (Å²) < 4.78 is 16.5. The summed E-state index contributed by atoms with van der Waals surface area (Å²) in [5.41, 5.74) is 0.328. The van der Waals surface area contributed by atoms with E-state index < -0.39 is 11.6 Å². The van der Waals surface area contributed by atoms with Crippen LogP contribution in [0.1, 0.15) is 37.3 Å². The smallest absolute Gasteiger partial charge is 0.231 e. The van der Waals surface area contributed by atoms with E-state index in [1.54, 1.807) is 37.4 Å². The third kappa shape index (κ3) is 4.03. The Labute approximate surface area is 197 Å². The number of thioether (sulfide) groups is 1. The van der Waals surface area contributed by atoms with E-state index in [0.717, 1.165) is 5.56 Å². The van der Waals surface area contributed by atoms with Crippen molar-refractivity contribution in [3.05, 3.63) is 64.2 Å². The summed E-state index contributed by atoms with van der Waals surface area (Å²) in [7, 11) is 1.57. The molecule has 2 aliphatic rings. The van der Waals surface area contributed by atoms with Crippen LogP contribution in [0.4, 0.5) is 0 Å². The molecule has 4 rings (SSSR count). The van der Waals surface area contributed by atoms with Crippen molar-refractivity contribution in [1.82, 2.24) is 4.90 Å². The van der Waals surface area contributed by atoms with Gasteiger partial charge in [-0.2, -0.15) is 5.26 Å². The number of carbonyl (C=O) groups is 1. The van der Waals surface area contributed by atoms with Gasteiger partial charge in [0.05, 0.1) is 42.7 Å². The third-order valence-electron chi connectivity index (χ3n) is 5.83. The molecule has 2 atom stereocenters. The second-order valence-corrected chi connectivity index (χ2v) is 8.69. The number of allylic oxidation sites excluding steroid dienone is 1. The predicted molar refractivity (Wildman–Crippen MR) is 125 cm³/mol. The molecule has 2 heterocycles. The number of fused-ring (bicyclic) bond motifs is 1. The first-order valence-electron chi connectivity index (χ1n) is 10.8. The highest BCUT2D eigenvalue weighted by Crippen LogP contribution is 2.52. The minimum absolute atomic E-state index is 0.0736. The molecule has 2 aromatic carbocycles. The van der Waals surface area contributed by atoms with Gasteiger partial charge < -0.3 is 19.3 Å². The van der Waals surface area contributed by atoms with Crippen LogP contribution in [0.25, 0.3) is 0 Å². The lowest BCUT2D eigenvalue weighted by Gasteiger charge is -2.38. The monoisotopic (exact) mass is 466 g/mol. The summed E-state index contributed by atoms with van der Waals surface area (Å²) in [4.78, 5) is 14.7. The molecular weight excluding hydrogens is 440 g/mol. The van der Waals surface area contributed by atoms with Crippen LogP contribution in [-0.2, 0) is 10.5 Å². The molecular formula is C25H26N2O5S. The number of nitrogens with zero attached hydrogens (tertiary/aromatic N) is 2. The molecule has 8 heteroatoms. The molecule has 33 heavy (non-hydrogen) atoms. The maximum absolute atomic E-state index is 13.3. The molecule has 0 bridgehead atoms. The van der Waals surface area contributed by atoms with Crippen molar-refractivity contribution in [2.45, 2.75) is 31.9 Å². The molecule has 0 spiro atoms. The number of carbonyl (C=O) groups excluding carboxylic acids is 1. The first-order chi connectivity index (χ1) is 16.0. The SMILES string of the molecule is CCOc1ccc(C2(O)CSC3=C(C#N)C(c4ccc(OC)c(OCC)c4)CC(=O)N32)cc1. The van der Waals surface area contributed by atoms with Gasteiger partial charge >= 0.3 is 0 Å². The molecule has 172 valence electrons. The van der Waals surface area contributed by atoms with Crippen LogP contribution in [-0.4, -0.2) is 42.0 Å². The number of hydrogen-bond acceptors (Lipinski definition) is 7. The molecule has 2 aliphatic heterocycles. The molecule has 0 radical (unpaired) electrons. The van der Waals surface area contributed by atoms with E-state index in [1.807, 2.05) is 26.0 Å². The third-order valence-corrected chi connectivity index (χ3v) is 7.05. The number of aliphatic hydroxyl groups is 1. The van der Waals surface area contributed by atoms with Gasteiger partial charge in [0.1, 0.15) is 5.75 Å².